The summed E-state index contributed by atoms with van der Waals surface area (Å²) in [6.07, 6.45) is 4.18. The van der Waals surface area contributed by atoms with Crippen LogP contribution >= 0.6 is 0 Å². The van der Waals surface area contributed by atoms with Crippen molar-refractivity contribution < 1.29 is 23.5 Å². The Morgan fingerprint density at radius 3 is 2.62 bits per heavy atom. The van der Waals surface area contributed by atoms with Crippen LogP contribution < -0.4 is 10.1 Å². The van der Waals surface area contributed by atoms with Crippen molar-refractivity contribution in [1.82, 2.24) is 9.78 Å². The van der Waals surface area contributed by atoms with Gasteiger partial charge in [0.1, 0.15) is 18.1 Å². The summed E-state index contributed by atoms with van der Waals surface area (Å²) in [5, 5.41) is 7.03. The molecule has 34 heavy (non-hydrogen) atoms. The number of nitrogens with zero attached hydrogens (tertiary/aromatic N) is 2. The molecule has 2 aromatic heterocycles. The maximum atomic E-state index is 12.6. The van der Waals surface area contributed by atoms with Crippen molar-refractivity contribution in [3.05, 3.63) is 101 Å². The normalized spacial score (nSPS) is 10.6. The molecule has 0 bridgehead atoms. The van der Waals surface area contributed by atoms with Crippen LogP contribution in [0.25, 0.3) is 0 Å². The summed E-state index contributed by atoms with van der Waals surface area (Å²) in [6, 6.07) is 18.3. The number of hydrogen-bond donors (Lipinski definition) is 1. The van der Waals surface area contributed by atoms with Crippen molar-refractivity contribution in [2.75, 3.05) is 12.4 Å². The van der Waals surface area contributed by atoms with Gasteiger partial charge in [0.05, 0.1) is 31.1 Å². The third-order valence-electron chi connectivity index (χ3n) is 5.24. The molecule has 8 heteroatoms. The lowest BCUT2D eigenvalue weighted by molar-refractivity contribution is 0.0599. The van der Waals surface area contributed by atoms with E-state index in [9.17, 15) is 9.59 Å². The van der Waals surface area contributed by atoms with E-state index in [4.69, 9.17) is 13.9 Å². The SMILES string of the molecule is CCc1ccc(OCc2ccc(C(=O)Nc3cnn(Cc4ccccc4C(=O)OC)c3)o2)cc1. The second-order valence-electron chi connectivity index (χ2n) is 7.58. The highest BCUT2D eigenvalue weighted by atomic mass is 16.5. The van der Waals surface area contributed by atoms with E-state index >= 15 is 0 Å². The average molecular weight is 460 g/mol. The van der Waals surface area contributed by atoms with Crippen molar-refractivity contribution in [2.45, 2.75) is 26.5 Å². The summed E-state index contributed by atoms with van der Waals surface area (Å²) in [6.45, 7) is 2.67. The fraction of sp³-hybridized carbons (Fsp3) is 0.192. The van der Waals surface area contributed by atoms with Gasteiger partial charge in [0.2, 0.25) is 0 Å². The molecule has 2 heterocycles. The van der Waals surface area contributed by atoms with Crippen molar-refractivity contribution in [1.29, 1.82) is 0 Å². The number of rotatable bonds is 9. The lowest BCUT2D eigenvalue weighted by atomic mass is 10.1. The van der Waals surface area contributed by atoms with Gasteiger partial charge >= 0.3 is 5.97 Å². The van der Waals surface area contributed by atoms with E-state index in [1.165, 1.54) is 18.9 Å². The first kappa shape index (κ1) is 22.8. The summed E-state index contributed by atoms with van der Waals surface area (Å²) in [7, 11) is 1.34. The van der Waals surface area contributed by atoms with Crippen molar-refractivity contribution in [2.24, 2.45) is 0 Å². The third kappa shape index (κ3) is 5.53. The lowest BCUT2D eigenvalue weighted by Gasteiger charge is -2.07. The first-order valence-electron chi connectivity index (χ1n) is 10.9. The van der Waals surface area contributed by atoms with Gasteiger partial charge in [-0.2, -0.15) is 5.10 Å². The molecule has 4 aromatic rings. The smallest absolute Gasteiger partial charge is 0.338 e. The Bertz CT molecular complexity index is 1270. The maximum Gasteiger partial charge on any atom is 0.338 e. The predicted octanol–water partition coefficient (Wildman–Crippen LogP) is 4.70. The lowest BCUT2D eigenvalue weighted by Crippen LogP contribution is -2.11. The summed E-state index contributed by atoms with van der Waals surface area (Å²) < 4.78 is 17.8. The highest BCUT2D eigenvalue weighted by Gasteiger charge is 2.15. The maximum absolute atomic E-state index is 12.6. The Labute approximate surface area is 197 Å². The zero-order valence-corrected chi connectivity index (χ0v) is 19.0. The number of benzene rings is 2. The molecule has 2 aromatic carbocycles. The third-order valence-corrected chi connectivity index (χ3v) is 5.24. The van der Waals surface area contributed by atoms with Gasteiger partial charge in [0.15, 0.2) is 5.76 Å². The van der Waals surface area contributed by atoms with Gasteiger partial charge in [-0.05, 0) is 47.9 Å². The number of aromatic nitrogens is 2. The van der Waals surface area contributed by atoms with Gasteiger partial charge in [-0.15, -0.1) is 0 Å². The molecule has 174 valence electrons. The molecule has 0 aliphatic heterocycles. The van der Waals surface area contributed by atoms with Crippen LogP contribution in [-0.2, 0) is 24.3 Å². The average Bonchev–Trinajstić information content (AvgIpc) is 3.52. The molecule has 0 aliphatic carbocycles. The van der Waals surface area contributed by atoms with Gasteiger partial charge in [-0.1, -0.05) is 37.3 Å². The Morgan fingerprint density at radius 2 is 1.85 bits per heavy atom. The molecular weight excluding hydrogens is 434 g/mol. The number of hydrogen-bond acceptors (Lipinski definition) is 6. The second kappa shape index (κ2) is 10.5. The zero-order chi connectivity index (χ0) is 23.9. The predicted molar refractivity (Wildman–Crippen MR) is 126 cm³/mol. The Morgan fingerprint density at radius 1 is 1.06 bits per heavy atom. The molecule has 8 nitrogen and oxygen atoms in total. The summed E-state index contributed by atoms with van der Waals surface area (Å²) in [5.41, 5.74) is 2.97. The largest absolute Gasteiger partial charge is 0.486 e. The first-order valence-corrected chi connectivity index (χ1v) is 10.9. The topological polar surface area (TPSA) is 95.6 Å². The van der Waals surface area contributed by atoms with E-state index in [0.717, 1.165) is 17.7 Å². The number of nitrogens with one attached hydrogen (secondary N) is 1. The van der Waals surface area contributed by atoms with Crippen LogP contribution in [0.5, 0.6) is 5.75 Å². The summed E-state index contributed by atoms with van der Waals surface area (Å²) in [5.74, 6) is 0.643. The van der Waals surface area contributed by atoms with Gasteiger partial charge < -0.3 is 19.2 Å². The fourth-order valence-corrected chi connectivity index (χ4v) is 3.40. The quantitative estimate of drug-likeness (QED) is 0.365. The minimum Gasteiger partial charge on any atom is -0.486 e. The minimum atomic E-state index is -0.410. The van der Waals surface area contributed by atoms with Crippen molar-refractivity contribution >= 4 is 17.6 Å². The van der Waals surface area contributed by atoms with Crippen molar-refractivity contribution in [3.8, 4) is 5.75 Å². The Balaban J connectivity index is 1.34. The summed E-state index contributed by atoms with van der Waals surface area (Å²) in [4.78, 5) is 24.5. The van der Waals surface area contributed by atoms with Gasteiger partial charge in [0.25, 0.3) is 5.91 Å². The number of aryl methyl sites for hydroxylation is 1. The van der Waals surface area contributed by atoms with E-state index < -0.39 is 11.9 Å². The fourth-order valence-electron chi connectivity index (χ4n) is 3.40. The number of esters is 1. The zero-order valence-electron chi connectivity index (χ0n) is 19.0. The number of carbonyl (C=O) groups excluding carboxylic acids is 2. The number of carbonyl (C=O) groups is 2. The van der Waals surface area contributed by atoms with Crippen LogP contribution in [0.1, 0.15) is 44.7 Å². The van der Waals surface area contributed by atoms with Crippen LogP contribution in [0.15, 0.2) is 77.5 Å². The van der Waals surface area contributed by atoms with Crippen LogP contribution in [0.2, 0.25) is 0 Å². The molecule has 0 saturated heterocycles. The van der Waals surface area contributed by atoms with E-state index in [0.29, 0.717) is 23.6 Å². The van der Waals surface area contributed by atoms with E-state index in [1.807, 2.05) is 36.4 Å². The molecule has 0 saturated carbocycles. The molecule has 0 atom stereocenters. The second-order valence-corrected chi connectivity index (χ2v) is 7.58. The number of methoxy groups -OCH3 is 1. The number of furan rings is 1. The standard InChI is InChI=1S/C26H25N3O5/c1-3-18-8-10-21(11-9-18)33-17-22-12-13-24(34-22)25(30)28-20-14-27-29(16-20)15-19-6-4-5-7-23(19)26(31)32-2/h4-14,16H,3,15,17H2,1-2H3,(H,28,30). The molecule has 0 unspecified atom stereocenters. The van der Waals surface area contributed by atoms with Crippen molar-refractivity contribution in [3.63, 3.8) is 0 Å². The molecule has 0 radical (unpaired) electrons. The van der Waals surface area contributed by atoms with Gasteiger partial charge in [0, 0.05) is 6.20 Å². The van der Waals surface area contributed by atoms with E-state index in [-0.39, 0.29) is 12.4 Å². The first-order chi connectivity index (χ1) is 16.6. The van der Waals surface area contributed by atoms with Crippen LogP contribution in [0.3, 0.4) is 0 Å². The van der Waals surface area contributed by atoms with Crippen LogP contribution in [0, 0.1) is 0 Å². The number of ether oxygens (including phenoxy) is 2. The number of amides is 1. The highest BCUT2D eigenvalue weighted by molar-refractivity contribution is 6.02. The van der Waals surface area contributed by atoms with Gasteiger partial charge in [-0.25, -0.2) is 4.79 Å². The highest BCUT2D eigenvalue weighted by Crippen LogP contribution is 2.18. The van der Waals surface area contributed by atoms with E-state index in [1.54, 1.807) is 35.1 Å². The molecule has 0 spiro atoms. The minimum absolute atomic E-state index is 0.170. The Kier molecular flexibility index (Phi) is 7.07. The van der Waals surface area contributed by atoms with Crippen LogP contribution in [0.4, 0.5) is 5.69 Å². The monoisotopic (exact) mass is 459 g/mol. The molecular formula is C26H25N3O5. The number of anilines is 1. The Hall–Kier alpha value is -4.33. The van der Waals surface area contributed by atoms with Crippen LogP contribution in [-0.4, -0.2) is 28.8 Å². The molecule has 1 N–H and O–H groups in total. The molecule has 1 amide bonds. The summed E-state index contributed by atoms with van der Waals surface area (Å²) >= 11 is 0. The van der Waals surface area contributed by atoms with E-state index in [2.05, 4.69) is 17.3 Å². The molecule has 0 fully saturated rings. The molecule has 4 rings (SSSR count). The van der Waals surface area contributed by atoms with Gasteiger partial charge in [-0.3, -0.25) is 9.48 Å². The molecule has 0 aliphatic rings.